The van der Waals surface area contributed by atoms with E-state index >= 15 is 0 Å². The van der Waals surface area contributed by atoms with Gasteiger partial charge in [-0.25, -0.2) is 0 Å². The van der Waals surface area contributed by atoms with E-state index < -0.39 is 5.91 Å². The summed E-state index contributed by atoms with van der Waals surface area (Å²) >= 11 is 0. The maximum absolute atomic E-state index is 12.2. The van der Waals surface area contributed by atoms with Gasteiger partial charge < -0.3 is 16.4 Å². The van der Waals surface area contributed by atoms with Gasteiger partial charge in [-0.15, -0.1) is 0 Å². The molecule has 0 spiro atoms. The van der Waals surface area contributed by atoms with Crippen LogP contribution >= 0.6 is 0 Å². The van der Waals surface area contributed by atoms with Gasteiger partial charge in [0, 0.05) is 6.04 Å². The number of rotatable bonds is 7. The molecule has 4 N–H and O–H groups in total. The smallest absolute Gasteiger partial charge is 0.250 e. The summed E-state index contributed by atoms with van der Waals surface area (Å²) in [7, 11) is 0. The molecule has 2 amide bonds. The minimum Gasteiger partial charge on any atom is -0.366 e. The van der Waals surface area contributed by atoms with Gasteiger partial charge in [-0.3, -0.25) is 9.59 Å². The topological polar surface area (TPSA) is 84.2 Å². The molecule has 0 unspecified atom stereocenters. The molecule has 2 aromatic carbocycles. The van der Waals surface area contributed by atoms with Gasteiger partial charge in [-0.05, 0) is 23.6 Å². The van der Waals surface area contributed by atoms with Crippen LogP contribution in [0.15, 0.2) is 54.6 Å². The summed E-state index contributed by atoms with van der Waals surface area (Å²) in [6.07, 6.45) is 0. The second-order valence-electron chi connectivity index (χ2n) is 5.97. The Balaban J connectivity index is 2.01. The highest BCUT2D eigenvalue weighted by Crippen LogP contribution is 2.21. The summed E-state index contributed by atoms with van der Waals surface area (Å²) in [6, 6.07) is 16.8. The molecular formula is C19H23N3O2. The second kappa shape index (κ2) is 8.26. The Kier molecular flexibility index (Phi) is 6.09. The fourth-order valence-electron chi connectivity index (χ4n) is 2.60. The largest absolute Gasteiger partial charge is 0.366 e. The van der Waals surface area contributed by atoms with E-state index in [1.807, 2.05) is 30.3 Å². The van der Waals surface area contributed by atoms with Gasteiger partial charge in [-0.2, -0.15) is 0 Å². The van der Waals surface area contributed by atoms with E-state index in [1.165, 1.54) is 0 Å². The average Bonchev–Trinajstić information content (AvgIpc) is 2.56. The summed E-state index contributed by atoms with van der Waals surface area (Å²) in [4.78, 5) is 23.6. The predicted octanol–water partition coefficient (Wildman–Crippen LogP) is 2.71. The van der Waals surface area contributed by atoms with Gasteiger partial charge in [0.1, 0.15) is 0 Å². The lowest BCUT2D eigenvalue weighted by Crippen LogP contribution is -2.34. The maximum atomic E-state index is 12.2. The summed E-state index contributed by atoms with van der Waals surface area (Å²) < 4.78 is 0. The zero-order valence-corrected chi connectivity index (χ0v) is 14.0. The standard InChI is InChI=1S/C19H23N3O2/c1-13(2)18(14-8-4-3-5-9-14)21-12-17(23)22-16-11-7-6-10-15(16)19(20)24/h3-11,13,18,21H,12H2,1-2H3,(H2,20,24)(H,22,23)/t18-/m0/s1. The monoisotopic (exact) mass is 325 g/mol. The first-order valence-electron chi connectivity index (χ1n) is 7.96. The third-order valence-corrected chi connectivity index (χ3v) is 3.77. The van der Waals surface area contributed by atoms with Crippen molar-refractivity contribution < 1.29 is 9.59 Å². The van der Waals surface area contributed by atoms with Crippen molar-refractivity contribution in [3.63, 3.8) is 0 Å². The van der Waals surface area contributed by atoms with Crippen molar-refractivity contribution >= 4 is 17.5 Å². The summed E-state index contributed by atoms with van der Waals surface area (Å²) in [5.41, 5.74) is 7.19. The quantitative estimate of drug-likeness (QED) is 0.732. The van der Waals surface area contributed by atoms with Crippen molar-refractivity contribution in [2.45, 2.75) is 19.9 Å². The Morgan fingerprint density at radius 1 is 1.00 bits per heavy atom. The predicted molar refractivity (Wildman–Crippen MR) is 95.6 cm³/mol. The molecule has 0 saturated heterocycles. The minimum absolute atomic E-state index is 0.0725. The summed E-state index contributed by atoms with van der Waals surface area (Å²) in [5, 5.41) is 6.01. The minimum atomic E-state index is -0.566. The molecule has 2 rings (SSSR count). The lowest BCUT2D eigenvalue weighted by atomic mass is 9.96. The fraction of sp³-hybridized carbons (Fsp3) is 0.263. The van der Waals surface area contributed by atoms with Crippen LogP contribution in [-0.4, -0.2) is 18.4 Å². The van der Waals surface area contributed by atoms with Crippen LogP contribution < -0.4 is 16.4 Å². The third kappa shape index (κ3) is 4.67. The first-order chi connectivity index (χ1) is 11.5. The number of primary amides is 1. The van der Waals surface area contributed by atoms with E-state index in [0.717, 1.165) is 5.56 Å². The van der Waals surface area contributed by atoms with Crippen LogP contribution in [0.4, 0.5) is 5.69 Å². The zero-order valence-electron chi connectivity index (χ0n) is 14.0. The molecule has 126 valence electrons. The van der Waals surface area contributed by atoms with Crippen molar-refractivity contribution in [3.8, 4) is 0 Å². The fourth-order valence-corrected chi connectivity index (χ4v) is 2.60. The Labute approximate surface area is 142 Å². The molecule has 0 aromatic heterocycles. The molecule has 0 bridgehead atoms. The van der Waals surface area contributed by atoms with Crippen molar-refractivity contribution in [2.24, 2.45) is 11.7 Å². The van der Waals surface area contributed by atoms with Crippen LogP contribution in [0.25, 0.3) is 0 Å². The van der Waals surface area contributed by atoms with Crippen molar-refractivity contribution in [1.29, 1.82) is 0 Å². The Hall–Kier alpha value is -2.66. The molecule has 0 saturated carbocycles. The van der Waals surface area contributed by atoms with E-state index in [2.05, 4.69) is 24.5 Å². The van der Waals surface area contributed by atoms with Crippen LogP contribution in [0.1, 0.15) is 35.8 Å². The number of carbonyl (C=O) groups is 2. The van der Waals surface area contributed by atoms with E-state index in [0.29, 0.717) is 17.2 Å². The average molecular weight is 325 g/mol. The van der Waals surface area contributed by atoms with Gasteiger partial charge in [-0.1, -0.05) is 56.3 Å². The van der Waals surface area contributed by atoms with E-state index in [4.69, 9.17) is 5.73 Å². The molecule has 0 radical (unpaired) electrons. The molecule has 0 heterocycles. The van der Waals surface area contributed by atoms with Crippen molar-refractivity contribution in [3.05, 3.63) is 65.7 Å². The molecule has 0 aliphatic carbocycles. The third-order valence-electron chi connectivity index (χ3n) is 3.77. The molecule has 1 atom stereocenters. The molecule has 5 heteroatoms. The Morgan fingerprint density at radius 2 is 1.62 bits per heavy atom. The van der Waals surface area contributed by atoms with Gasteiger partial charge in [0.15, 0.2) is 0 Å². The Morgan fingerprint density at radius 3 is 2.25 bits per heavy atom. The first kappa shape index (κ1) is 17.7. The number of carbonyl (C=O) groups excluding carboxylic acids is 2. The molecule has 5 nitrogen and oxygen atoms in total. The van der Waals surface area contributed by atoms with Crippen LogP contribution in [0.5, 0.6) is 0 Å². The van der Waals surface area contributed by atoms with E-state index in [9.17, 15) is 9.59 Å². The summed E-state index contributed by atoms with van der Waals surface area (Å²) in [5.74, 6) is -0.452. The van der Waals surface area contributed by atoms with Gasteiger partial charge >= 0.3 is 0 Å². The highest BCUT2D eigenvalue weighted by molar-refractivity contribution is 6.03. The molecule has 2 aromatic rings. The lowest BCUT2D eigenvalue weighted by molar-refractivity contribution is -0.115. The highest BCUT2D eigenvalue weighted by Gasteiger charge is 2.17. The number of hydrogen-bond acceptors (Lipinski definition) is 3. The first-order valence-corrected chi connectivity index (χ1v) is 7.96. The number of nitrogens with two attached hydrogens (primary N) is 1. The normalized spacial score (nSPS) is 12.0. The number of hydrogen-bond donors (Lipinski definition) is 3. The van der Waals surface area contributed by atoms with Crippen molar-refractivity contribution in [2.75, 3.05) is 11.9 Å². The summed E-state index contributed by atoms with van der Waals surface area (Å²) in [6.45, 7) is 4.35. The number of benzene rings is 2. The van der Waals surface area contributed by atoms with Crippen LogP contribution in [0.2, 0.25) is 0 Å². The maximum Gasteiger partial charge on any atom is 0.250 e. The zero-order chi connectivity index (χ0) is 17.5. The van der Waals surface area contributed by atoms with Gasteiger partial charge in [0.2, 0.25) is 5.91 Å². The van der Waals surface area contributed by atoms with Crippen LogP contribution in [0, 0.1) is 5.92 Å². The molecule has 24 heavy (non-hydrogen) atoms. The van der Waals surface area contributed by atoms with Gasteiger partial charge in [0.05, 0.1) is 17.8 Å². The van der Waals surface area contributed by atoms with E-state index in [-0.39, 0.29) is 18.5 Å². The molecular weight excluding hydrogens is 302 g/mol. The highest BCUT2D eigenvalue weighted by atomic mass is 16.2. The SMILES string of the molecule is CC(C)[C@H](NCC(=O)Nc1ccccc1C(N)=O)c1ccccc1. The number of para-hydroxylation sites is 1. The Bertz CT molecular complexity index is 699. The molecule has 0 fully saturated rings. The lowest BCUT2D eigenvalue weighted by Gasteiger charge is -2.23. The van der Waals surface area contributed by atoms with Crippen LogP contribution in [0.3, 0.4) is 0 Å². The van der Waals surface area contributed by atoms with Crippen molar-refractivity contribution in [1.82, 2.24) is 5.32 Å². The van der Waals surface area contributed by atoms with Gasteiger partial charge in [0.25, 0.3) is 5.91 Å². The molecule has 0 aliphatic heterocycles. The number of anilines is 1. The second-order valence-corrected chi connectivity index (χ2v) is 5.97. The van der Waals surface area contributed by atoms with E-state index in [1.54, 1.807) is 24.3 Å². The number of amides is 2. The number of nitrogens with one attached hydrogen (secondary N) is 2. The van der Waals surface area contributed by atoms with Crippen LogP contribution in [-0.2, 0) is 4.79 Å². The molecule has 0 aliphatic rings.